The summed E-state index contributed by atoms with van der Waals surface area (Å²) in [5.74, 6) is 2.36. The number of hydrogen-bond donors (Lipinski definition) is 1. The number of hydrogen-bond acceptors (Lipinski definition) is 7. The molecule has 0 atom stereocenters. The van der Waals surface area contributed by atoms with Gasteiger partial charge in [0.15, 0.2) is 5.82 Å². The monoisotopic (exact) mass is 351 g/mol. The van der Waals surface area contributed by atoms with Crippen LogP contribution in [-0.4, -0.2) is 29.5 Å². The molecule has 0 saturated heterocycles. The van der Waals surface area contributed by atoms with E-state index in [4.69, 9.17) is 0 Å². The fourth-order valence-electron chi connectivity index (χ4n) is 3.64. The highest BCUT2D eigenvalue weighted by atomic mass is 32.1. The summed E-state index contributed by atoms with van der Waals surface area (Å²) in [5, 5.41) is 13.1. The Kier molecular flexibility index (Phi) is 3.21. The lowest BCUT2D eigenvalue weighted by molar-refractivity contribution is 0.887. The Morgan fingerprint density at radius 2 is 2.12 bits per heavy atom. The van der Waals surface area contributed by atoms with Gasteiger partial charge >= 0.3 is 0 Å². The van der Waals surface area contributed by atoms with Crippen LogP contribution in [0.4, 0.5) is 5.82 Å². The molecule has 4 heterocycles. The van der Waals surface area contributed by atoms with Crippen molar-refractivity contribution in [3.63, 3.8) is 0 Å². The molecule has 5 rings (SSSR count). The predicted molar refractivity (Wildman–Crippen MR) is 97.0 cm³/mol. The summed E-state index contributed by atoms with van der Waals surface area (Å²) >= 11 is 1.80. The first kappa shape index (κ1) is 14.7. The standard InChI is InChI=1S/C17H17N7S/c1-9-6-10(2)24-13(22-23-17(24)21-9)7-18-15-14-11-4-3-5-12(11)25-16(14)20-8-19-15/h6,8H,3-5,7H2,1-2H3,(H,18,19,20). The second kappa shape index (κ2) is 5.45. The van der Waals surface area contributed by atoms with E-state index in [0.717, 1.165) is 40.7 Å². The molecule has 0 saturated carbocycles. The Bertz CT molecular complexity index is 1110. The zero-order valence-electron chi connectivity index (χ0n) is 14.1. The maximum Gasteiger partial charge on any atom is 0.255 e. The molecule has 1 aliphatic rings. The third-order valence-corrected chi connectivity index (χ3v) is 5.87. The molecule has 4 aromatic heterocycles. The third-order valence-electron chi connectivity index (χ3n) is 4.68. The van der Waals surface area contributed by atoms with Gasteiger partial charge in [-0.05, 0) is 44.7 Å². The minimum absolute atomic E-state index is 0.545. The molecule has 1 N–H and O–H groups in total. The van der Waals surface area contributed by atoms with E-state index in [0.29, 0.717) is 12.3 Å². The van der Waals surface area contributed by atoms with Crippen LogP contribution in [0.2, 0.25) is 0 Å². The topological polar surface area (TPSA) is 80.9 Å². The maximum atomic E-state index is 4.48. The Hall–Kier alpha value is -2.61. The van der Waals surface area contributed by atoms with E-state index in [1.807, 2.05) is 24.3 Å². The van der Waals surface area contributed by atoms with Crippen LogP contribution in [0.25, 0.3) is 16.0 Å². The molecule has 0 unspecified atom stereocenters. The molecule has 0 amide bonds. The largest absolute Gasteiger partial charge is 0.362 e. The summed E-state index contributed by atoms with van der Waals surface area (Å²) in [5.41, 5.74) is 3.44. The quantitative estimate of drug-likeness (QED) is 0.611. The SMILES string of the molecule is Cc1cc(C)n2c(CNc3ncnc4sc5c(c34)CCC5)nnc2n1. The van der Waals surface area contributed by atoms with Crippen molar-refractivity contribution in [2.75, 3.05) is 5.32 Å². The lowest BCUT2D eigenvalue weighted by atomic mass is 10.2. The highest BCUT2D eigenvalue weighted by Crippen LogP contribution is 2.39. The number of rotatable bonds is 3. The molecule has 25 heavy (non-hydrogen) atoms. The Morgan fingerprint density at radius 3 is 3.04 bits per heavy atom. The average Bonchev–Trinajstić information content (AvgIpc) is 3.26. The van der Waals surface area contributed by atoms with Gasteiger partial charge in [0, 0.05) is 16.3 Å². The van der Waals surface area contributed by atoms with Crippen molar-refractivity contribution in [1.82, 2.24) is 29.5 Å². The van der Waals surface area contributed by atoms with Gasteiger partial charge in [-0.25, -0.2) is 15.0 Å². The van der Waals surface area contributed by atoms with E-state index in [1.54, 1.807) is 17.7 Å². The predicted octanol–water partition coefficient (Wildman–Crippen LogP) is 2.85. The van der Waals surface area contributed by atoms with Crippen LogP contribution in [0, 0.1) is 13.8 Å². The third kappa shape index (κ3) is 2.28. The van der Waals surface area contributed by atoms with E-state index < -0.39 is 0 Å². The smallest absolute Gasteiger partial charge is 0.255 e. The summed E-state index contributed by atoms with van der Waals surface area (Å²) in [6.07, 6.45) is 5.14. The van der Waals surface area contributed by atoms with Crippen LogP contribution in [0.3, 0.4) is 0 Å². The molecule has 0 radical (unpaired) electrons. The first-order valence-corrected chi connectivity index (χ1v) is 9.20. The minimum atomic E-state index is 0.545. The summed E-state index contributed by atoms with van der Waals surface area (Å²) in [4.78, 5) is 15.9. The van der Waals surface area contributed by atoms with Gasteiger partial charge < -0.3 is 5.32 Å². The van der Waals surface area contributed by atoms with E-state index >= 15 is 0 Å². The fraction of sp³-hybridized carbons (Fsp3) is 0.353. The fourth-order valence-corrected chi connectivity index (χ4v) is 4.87. The summed E-state index contributed by atoms with van der Waals surface area (Å²) in [6, 6.07) is 2.04. The van der Waals surface area contributed by atoms with E-state index in [1.165, 1.54) is 22.2 Å². The molecular weight excluding hydrogens is 334 g/mol. The van der Waals surface area contributed by atoms with E-state index in [2.05, 4.69) is 30.5 Å². The van der Waals surface area contributed by atoms with Crippen LogP contribution in [0.15, 0.2) is 12.4 Å². The van der Waals surface area contributed by atoms with Gasteiger partial charge in [0.25, 0.3) is 5.78 Å². The molecule has 0 aromatic carbocycles. The zero-order chi connectivity index (χ0) is 17.0. The molecule has 0 fully saturated rings. The number of thiophene rings is 1. The lowest BCUT2D eigenvalue weighted by Crippen LogP contribution is -2.08. The molecule has 126 valence electrons. The molecule has 8 heteroatoms. The molecule has 0 aliphatic heterocycles. The van der Waals surface area contributed by atoms with Crippen molar-refractivity contribution in [2.45, 2.75) is 39.7 Å². The van der Waals surface area contributed by atoms with Crippen LogP contribution in [0.1, 0.15) is 34.1 Å². The van der Waals surface area contributed by atoms with Gasteiger partial charge in [-0.15, -0.1) is 21.5 Å². The second-order valence-electron chi connectivity index (χ2n) is 6.40. The molecule has 4 aromatic rings. The zero-order valence-corrected chi connectivity index (χ0v) is 14.9. The van der Waals surface area contributed by atoms with E-state index in [-0.39, 0.29) is 0 Å². The summed E-state index contributed by atoms with van der Waals surface area (Å²) < 4.78 is 1.98. The lowest BCUT2D eigenvalue weighted by Gasteiger charge is -2.08. The Labute approximate surface area is 148 Å². The molecule has 7 nitrogen and oxygen atoms in total. The van der Waals surface area contributed by atoms with Crippen molar-refractivity contribution < 1.29 is 0 Å². The number of nitrogens with zero attached hydrogens (tertiary/aromatic N) is 6. The normalized spacial score (nSPS) is 13.7. The van der Waals surface area contributed by atoms with Crippen LogP contribution in [-0.2, 0) is 19.4 Å². The molecule has 0 bridgehead atoms. The first-order valence-electron chi connectivity index (χ1n) is 8.38. The van der Waals surface area contributed by atoms with Gasteiger partial charge in [0.2, 0.25) is 0 Å². The highest BCUT2D eigenvalue weighted by molar-refractivity contribution is 7.19. The van der Waals surface area contributed by atoms with Crippen molar-refractivity contribution >= 4 is 33.1 Å². The number of anilines is 1. The van der Waals surface area contributed by atoms with Gasteiger partial charge in [-0.3, -0.25) is 4.40 Å². The second-order valence-corrected chi connectivity index (χ2v) is 7.49. The van der Waals surface area contributed by atoms with Crippen molar-refractivity contribution in [1.29, 1.82) is 0 Å². The van der Waals surface area contributed by atoms with Crippen LogP contribution < -0.4 is 5.32 Å². The van der Waals surface area contributed by atoms with Crippen molar-refractivity contribution in [2.24, 2.45) is 0 Å². The van der Waals surface area contributed by atoms with Gasteiger partial charge in [-0.2, -0.15) is 0 Å². The van der Waals surface area contributed by atoms with Gasteiger partial charge in [0.05, 0.1) is 11.9 Å². The van der Waals surface area contributed by atoms with Gasteiger partial charge in [-0.1, -0.05) is 0 Å². The molecule has 0 spiro atoms. The van der Waals surface area contributed by atoms with E-state index in [9.17, 15) is 0 Å². The number of fused-ring (bicyclic) bond motifs is 4. The van der Waals surface area contributed by atoms with Gasteiger partial charge in [0.1, 0.15) is 17.0 Å². The van der Waals surface area contributed by atoms with Crippen LogP contribution >= 0.6 is 11.3 Å². The molecular formula is C17H17N7S. The minimum Gasteiger partial charge on any atom is -0.362 e. The highest BCUT2D eigenvalue weighted by Gasteiger charge is 2.21. The number of nitrogens with one attached hydrogen (secondary N) is 1. The average molecular weight is 351 g/mol. The summed E-state index contributed by atoms with van der Waals surface area (Å²) in [6.45, 7) is 4.56. The molecule has 1 aliphatic carbocycles. The van der Waals surface area contributed by atoms with Crippen molar-refractivity contribution in [3.05, 3.63) is 40.0 Å². The number of aryl methyl sites for hydroxylation is 4. The Morgan fingerprint density at radius 1 is 1.20 bits per heavy atom. The van der Waals surface area contributed by atoms with Crippen LogP contribution in [0.5, 0.6) is 0 Å². The summed E-state index contributed by atoms with van der Waals surface area (Å²) in [7, 11) is 0. The Balaban J connectivity index is 1.52. The number of aromatic nitrogens is 6. The first-order chi connectivity index (χ1) is 12.2. The maximum absolute atomic E-state index is 4.48. The van der Waals surface area contributed by atoms with Crippen molar-refractivity contribution in [3.8, 4) is 0 Å².